The SMILES string of the molecule is CC[C@@H](C)CCCCC[C@H]1CO[C@@H](c2c(O)c(-c3ccccc3)c[nH]c2=O)[C@H](C)C1. The zero-order valence-corrected chi connectivity index (χ0v) is 18.7. The van der Waals surface area contributed by atoms with Crippen LogP contribution in [0, 0.1) is 17.8 Å². The van der Waals surface area contributed by atoms with Gasteiger partial charge in [0.15, 0.2) is 0 Å². The van der Waals surface area contributed by atoms with Crippen LogP contribution in [0.5, 0.6) is 5.75 Å². The summed E-state index contributed by atoms with van der Waals surface area (Å²) in [5.41, 5.74) is 1.64. The second-order valence-corrected chi connectivity index (χ2v) is 9.14. The highest BCUT2D eigenvalue weighted by Crippen LogP contribution is 2.41. The van der Waals surface area contributed by atoms with Crippen molar-refractivity contribution in [1.82, 2.24) is 4.98 Å². The van der Waals surface area contributed by atoms with Gasteiger partial charge >= 0.3 is 0 Å². The highest BCUT2D eigenvalue weighted by molar-refractivity contribution is 5.70. The van der Waals surface area contributed by atoms with Gasteiger partial charge in [0, 0.05) is 11.8 Å². The Balaban J connectivity index is 1.61. The van der Waals surface area contributed by atoms with E-state index in [-0.39, 0.29) is 23.3 Å². The van der Waals surface area contributed by atoms with Crippen molar-refractivity contribution < 1.29 is 9.84 Å². The van der Waals surface area contributed by atoms with E-state index in [9.17, 15) is 9.90 Å². The third-order valence-electron chi connectivity index (χ3n) is 6.71. The molecular formula is C26H37NO3. The number of hydrogen-bond donors (Lipinski definition) is 2. The van der Waals surface area contributed by atoms with Crippen molar-refractivity contribution in [3.8, 4) is 16.9 Å². The fraction of sp³-hybridized carbons (Fsp3) is 0.577. The summed E-state index contributed by atoms with van der Waals surface area (Å²) in [7, 11) is 0. The van der Waals surface area contributed by atoms with Crippen LogP contribution in [0.2, 0.25) is 0 Å². The van der Waals surface area contributed by atoms with Crippen molar-refractivity contribution >= 4 is 0 Å². The lowest BCUT2D eigenvalue weighted by Crippen LogP contribution is -2.31. The Morgan fingerprint density at radius 2 is 1.97 bits per heavy atom. The molecule has 0 saturated carbocycles. The van der Waals surface area contributed by atoms with Crippen LogP contribution >= 0.6 is 0 Å². The molecule has 2 N–H and O–H groups in total. The molecule has 0 amide bonds. The van der Waals surface area contributed by atoms with E-state index in [1.807, 2.05) is 30.3 Å². The molecular weight excluding hydrogens is 374 g/mol. The monoisotopic (exact) mass is 411 g/mol. The van der Waals surface area contributed by atoms with Crippen LogP contribution in [-0.2, 0) is 4.74 Å². The van der Waals surface area contributed by atoms with Crippen LogP contribution in [-0.4, -0.2) is 16.7 Å². The van der Waals surface area contributed by atoms with Crippen molar-refractivity contribution in [3.05, 3.63) is 52.4 Å². The largest absolute Gasteiger partial charge is 0.507 e. The molecule has 1 aliphatic heterocycles. The molecule has 3 rings (SSSR count). The molecule has 0 spiro atoms. The average Bonchev–Trinajstić information content (AvgIpc) is 2.75. The van der Waals surface area contributed by atoms with E-state index in [4.69, 9.17) is 4.74 Å². The summed E-state index contributed by atoms with van der Waals surface area (Å²) in [6.07, 6.45) is 9.90. The Morgan fingerprint density at radius 1 is 1.20 bits per heavy atom. The van der Waals surface area contributed by atoms with Gasteiger partial charge in [-0.25, -0.2) is 0 Å². The van der Waals surface area contributed by atoms with Gasteiger partial charge in [-0.3, -0.25) is 4.79 Å². The molecule has 30 heavy (non-hydrogen) atoms. The van der Waals surface area contributed by atoms with Crippen LogP contribution < -0.4 is 5.56 Å². The maximum atomic E-state index is 12.6. The molecule has 1 aromatic heterocycles. The quantitative estimate of drug-likeness (QED) is 0.466. The first-order valence-electron chi connectivity index (χ1n) is 11.6. The summed E-state index contributed by atoms with van der Waals surface area (Å²) in [4.78, 5) is 15.4. The molecule has 2 aromatic rings. The topological polar surface area (TPSA) is 62.3 Å². The summed E-state index contributed by atoms with van der Waals surface area (Å²) < 4.78 is 6.17. The third kappa shape index (κ3) is 5.54. The van der Waals surface area contributed by atoms with E-state index in [1.165, 1.54) is 38.5 Å². The number of aromatic nitrogens is 1. The first kappa shape index (κ1) is 22.6. The Hall–Kier alpha value is -2.07. The molecule has 0 unspecified atom stereocenters. The first-order chi connectivity index (χ1) is 14.5. The fourth-order valence-electron chi connectivity index (χ4n) is 4.64. The molecule has 0 radical (unpaired) electrons. The lowest BCUT2D eigenvalue weighted by molar-refractivity contribution is -0.0566. The van der Waals surface area contributed by atoms with Crippen molar-refractivity contribution in [1.29, 1.82) is 0 Å². The lowest BCUT2D eigenvalue weighted by Gasteiger charge is -2.34. The summed E-state index contributed by atoms with van der Waals surface area (Å²) >= 11 is 0. The van der Waals surface area contributed by atoms with E-state index in [2.05, 4.69) is 25.8 Å². The molecule has 1 saturated heterocycles. The van der Waals surface area contributed by atoms with Gasteiger partial charge < -0.3 is 14.8 Å². The molecule has 4 atom stereocenters. The molecule has 1 fully saturated rings. The highest BCUT2D eigenvalue weighted by Gasteiger charge is 2.33. The number of hydrogen-bond acceptors (Lipinski definition) is 3. The van der Waals surface area contributed by atoms with Crippen LogP contribution in [0.25, 0.3) is 11.1 Å². The normalized spacial score (nSPS) is 22.7. The van der Waals surface area contributed by atoms with Crippen LogP contribution in [0.3, 0.4) is 0 Å². The minimum atomic E-state index is -0.362. The number of unbranched alkanes of at least 4 members (excludes halogenated alkanes) is 2. The summed E-state index contributed by atoms with van der Waals surface area (Å²) in [5.74, 6) is 1.62. The average molecular weight is 412 g/mol. The molecule has 0 bridgehead atoms. The molecule has 1 aromatic carbocycles. The second-order valence-electron chi connectivity index (χ2n) is 9.14. The van der Waals surface area contributed by atoms with Gasteiger partial charge in [-0.05, 0) is 36.2 Å². The molecule has 1 aliphatic rings. The van der Waals surface area contributed by atoms with Gasteiger partial charge in [0.05, 0.1) is 18.3 Å². The number of aromatic amines is 1. The molecule has 2 heterocycles. The number of aromatic hydroxyl groups is 1. The van der Waals surface area contributed by atoms with Crippen LogP contribution in [0.1, 0.15) is 77.4 Å². The van der Waals surface area contributed by atoms with E-state index in [0.29, 0.717) is 23.7 Å². The fourth-order valence-corrected chi connectivity index (χ4v) is 4.64. The van der Waals surface area contributed by atoms with Gasteiger partial charge in [-0.2, -0.15) is 0 Å². The van der Waals surface area contributed by atoms with Crippen molar-refractivity contribution in [3.63, 3.8) is 0 Å². The molecule has 0 aliphatic carbocycles. The Labute approximate surface area is 180 Å². The number of pyridine rings is 1. The van der Waals surface area contributed by atoms with Gasteiger partial charge in [-0.1, -0.05) is 83.2 Å². The van der Waals surface area contributed by atoms with Crippen molar-refractivity contribution in [2.45, 2.75) is 71.8 Å². The summed E-state index contributed by atoms with van der Waals surface area (Å²) in [6.45, 7) is 7.39. The zero-order valence-electron chi connectivity index (χ0n) is 18.7. The van der Waals surface area contributed by atoms with Gasteiger partial charge in [0.25, 0.3) is 5.56 Å². The third-order valence-corrected chi connectivity index (χ3v) is 6.71. The number of ether oxygens (including phenoxy) is 1. The minimum absolute atomic E-state index is 0.0466. The second kappa shape index (κ2) is 10.8. The standard InChI is InChI=1S/C26H37NO3/c1-4-18(2)11-7-5-8-12-20-15-19(3)25(30-17-20)23-24(28)22(16-27-26(23)29)21-13-9-6-10-14-21/h6,9-10,13-14,16,18-20,25H,4-5,7-8,11-12,15,17H2,1-3H3,(H2,27,28,29)/t18-,19-,20-,25-/m1/s1. The smallest absolute Gasteiger partial charge is 0.257 e. The Morgan fingerprint density at radius 3 is 2.67 bits per heavy atom. The predicted octanol–water partition coefficient (Wildman–Crippen LogP) is 6.46. The highest BCUT2D eigenvalue weighted by atomic mass is 16.5. The number of nitrogens with one attached hydrogen (secondary N) is 1. The van der Waals surface area contributed by atoms with Crippen molar-refractivity contribution in [2.75, 3.05) is 6.61 Å². The van der Waals surface area contributed by atoms with Crippen LogP contribution in [0.4, 0.5) is 0 Å². The van der Waals surface area contributed by atoms with Crippen LogP contribution in [0.15, 0.2) is 41.3 Å². The van der Waals surface area contributed by atoms with Gasteiger partial charge in [0.1, 0.15) is 5.75 Å². The molecule has 4 heteroatoms. The molecule has 164 valence electrons. The predicted molar refractivity (Wildman–Crippen MR) is 123 cm³/mol. The van der Waals surface area contributed by atoms with Gasteiger partial charge in [0.2, 0.25) is 0 Å². The van der Waals surface area contributed by atoms with E-state index < -0.39 is 0 Å². The first-order valence-corrected chi connectivity index (χ1v) is 11.6. The minimum Gasteiger partial charge on any atom is -0.507 e. The summed E-state index contributed by atoms with van der Waals surface area (Å²) in [5, 5.41) is 10.9. The number of rotatable bonds is 9. The van der Waals surface area contributed by atoms with Gasteiger partial charge in [-0.15, -0.1) is 0 Å². The number of H-pyrrole nitrogens is 1. The summed E-state index contributed by atoms with van der Waals surface area (Å²) in [6, 6.07) is 9.64. The maximum absolute atomic E-state index is 12.6. The lowest BCUT2D eigenvalue weighted by atomic mass is 9.83. The maximum Gasteiger partial charge on any atom is 0.257 e. The molecule has 4 nitrogen and oxygen atoms in total. The van der Waals surface area contributed by atoms with E-state index in [1.54, 1.807) is 6.20 Å². The van der Waals surface area contributed by atoms with E-state index in [0.717, 1.165) is 17.9 Å². The van der Waals surface area contributed by atoms with E-state index >= 15 is 0 Å². The Kier molecular flexibility index (Phi) is 8.15. The Bertz CT molecular complexity index is 845. The zero-order chi connectivity index (χ0) is 21.5. The van der Waals surface area contributed by atoms with Crippen molar-refractivity contribution in [2.24, 2.45) is 17.8 Å². The number of benzene rings is 1.